The summed E-state index contributed by atoms with van der Waals surface area (Å²) in [6.45, 7) is 3.87. The van der Waals surface area contributed by atoms with Crippen LogP contribution < -0.4 is 10.2 Å². The van der Waals surface area contributed by atoms with Crippen molar-refractivity contribution in [1.29, 1.82) is 0 Å². The molecule has 1 aliphatic heterocycles. The Hall–Kier alpha value is -3.85. The zero-order valence-corrected chi connectivity index (χ0v) is 18.1. The molecule has 0 radical (unpaired) electrons. The fourth-order valence-electron chi connectivity index (χ4n) is 3.75. The summed E-state index contributed by atoms with van der Waals surface area (Å²) in [7, 11) is 4.00. The molecule has 5 rings (SSSR count). The highest BCUT2D eigenvalue weighted by Crippen LogP contribution is 2.23. The van der Waals surface area contributed by atoms with Crippen molar-refractivity contribution in [3.63, 3.8) is 0 Å². The molecule has 0 aliphatic carbocycles. The van der Waals surface area contributed by atoms with Crippen LogP contribution in [0.3, 0.4) is 0 Å². The van der Waals surface area contributed by atoms with Crippen molar-refractivity contribution in [3.8, 4) is 11.1 Å². The standard InChI is InChI=1S/C23H24N8O/c1-29-7-9-31(10-8-29)21-6-5-18(13-24-21)22(32)28-23-25-12-17-4-3-16(11-20(17)27-23)19-14-26-30(2)15-19/h3-6,11-15H,7-10H2,1-2H3,(H,25,27,28,32). The van der Waals surface area contributed by atoms with Gasteiger partial charge in [-0.25, -0.2) is 15.0 Å². The molecule has 1 aliphatic rings. The van der Waals surface area contributed by atoms with Crippen LogP contribution in [-0.2, 0) is 7.05 Å². The van der Waals surface area contributed by atoms with E-state index < -0.39 is 0 Å². The average Bonchev–Trinajstić information content (AvgIpc) is 3.25. The van der Waals surface area contributed by atoms with Gasteiger partial charge in [0.1, 0.15) is 5.82 Å². The number of rotatable bonds is 4. The number of nitrogens with zero attached hydrogens (tertiary/aromatic N) is 7. The van der Waals surface area contributed by atoms with Gasteiger partial charge in [0.05, 0.1) is 17.3 Å². The summed E-state index contributed by atoms with van der Waals surface area (Å²) in [6, 6.07) is 9.62. The van der Waals surface area contributed by atoms with Crippen LogP contribution in [0.1, 0.15) is 10.4 Å². The molecule has 4 aromatic rings. The number of carbonyl (C=O) groups is 1. The third-order valence-electron chi connectivity index (χ3n) is 5.68. The molecule has 4 heterocycles. The Morgan fingerprint density at radius 3 is 2.50 bits per heavy atom. The highest BCUT2D eigenvalue weighted by atomic mass is 16.1. The Balaban J connectivity index is 1.31. The first-order chi connectivity index (χ1) is 15.5. The fraction of sp³-hybridized carbons (Fsp3) is 0.261. The number of pyridine rings is 1. The normalized spacial score (nSPS) is 14.6. The zero-order chi connectivity index (χ0) is 22.1. The monoisotopic (exact) mass is 428 g/mol. The maximum atomic E-state index is 12.7. The largest absolute Gasteiger partial charge is 0.354 e. The van der Waals surface area contributed by atoms with Crippen LogP contribution in [-0.4, -0.2) is 68.8 Å². The van der Waals surface area contributed by atoms with E-state index in [2.05, 4.69) is 42.2 Å². The highest BCUT2D eigenvalue weighted by molar-refractivity contribution is 6.03. The van der Waals surface area contributed by atoms with Gasteiger partial charge in [-0.1, -0.05) is 12.1 Å². The number of nitrogens with one attached hydrogen (secondary N) is 1. The highest BCUT2D eigenvalue weighted by Gasteiger charge is 2.16. The van der Waals surface area contributed by atoms with Crippen molar-refractivity contribution in [2.75, 3.05) is 43.4 Å². The van der Waals surface area contributed by atoms with E-state index in [4.69, 9.17) is 0 Å². The molecule has 0 unspecified atom stereocenters. The lowest BCUT2D eigenvalue weighted by atomic mass is 10.1. The molecule has 3 aromatic heterocycles. The molecule has 1 N–H and O–H groups in total. The molecular weight excluding hydrogens is 404 g/mol. The third kappa shape index (κ3) is 4.15. The van der Waals surface area contributed by atoms with Gasteiger partial charge in [0, 0.05) is 62.8 Å². The van der Waals surface area contributed by atoms with Crippen molar-refractivity contribution in [1.82, 2.24) is 29.6 Å². The number of carbonyl (C=O) groups excluding carboxylic acids is 1. The van der Waals surface area contributed by atoms with Gasteiger partial charge in [-0.2, -0.15) is 5.10 Å². The Morgan fingerprint density at radius 1 is 0.938 bits per heavy atom. The molecule has 0 atom stereocenters. The smallest absolute Gasteiger partial charge is 0.259 e. The Morgan fingerprint density at radius 2 is 1.78 bits per heavy atom. The second kappa shape index (κ2) is 8.35. The Bertz CT molecular complexity index is 1260. The fourth-order valence-corrected chi connectivity index (χ4v) is 3.75. The molecule has 1 aromatic carbocycles. The Kier molecular flexibility index (Phi) is 5.24. The second-order valence-corrected chi connectivity index (χ2v) is 8.02. The van der Waals surface area contributed by atoms with E-state index >= 15 is 0 Å². The molecular formula is C23H24N8O. The predicted octanol–water partition coefficient (Wildman–Crippen LogP) is 2.43. The minimum atomic E-state index is -0.287. The van der Waals surface area contributed by atoms with Crippen molar-refractivity contribution in [2.45, 2.75) is 0 Å². The van der Waals surface area contributed by atoms with Crippen LogP contribution >= 0.6 is 0 Å². The van der Waals surface area contributed by atoms with E-state index in [1.165, 1.54) is 0 Å². The first-order valence-electron chi connectivity index (χ1n) is 10.5. The first-order valence-corrected chi connectivity index (χ1v) is 10.5. The quantitative estimate of drug-likeness (QED) is 0.534. The van der Waals surface area contributed by atoms with Gasteiger partial charge < -0.3 is 9.80 Å². The minimum Gasteiger partial charge on any atom is -0.354 e. The van der Waals surface area contributed by atoms with Gasteiger partial charge in [-0.15, -0.1) is 0 Å². The SMILES string of the molecule is CN1CCN(c2ccc(C(=O)Nc3ncc4ccc(-c5cnn(C)c5)cc4n3)cn2)CC1. The summed E-state index contributed by atoms with van der Waals surface area (Å²) >= 11 is 0. The number of amides is 1. The zero-order valence-electron chi connectivity index (χ0n) is 18.1. The van der Waals surface area contributed by atoms with E-state index in [1.807, 2.05) is 43.7 Å². The van der Waals surface area contributed by atoms with E-state index in [0.29, 0.717) is 5.56 Å². The van der Waals surface area contributed by atoms with E-state index in [-0.39, 0.29) is 11.9 Å². The number of hydrogen-bond acceptors (Lipinski definition) is 7. The predicted molar refractivity (Wildman–Crippen MR) is 124 cm³/mol. The van der Waals surface area contributed by atoms with Crippen molar-refractivity contribution in [2.24, 2.45) is 7.05 Å². The lowest BCUT2D eigenvalue weighted by Crippen LogP contribution is -2.44. The first kappa shape index (κ1) is 20.1. The number of aromatic nitrogens is 5. The Labute approximate surface area is 185 Å². The number of piperazine rings is 1. The summed E-state index contributed by atoms with van der Waals surface area (Å²) in [5.41, 5.74) is 3.23. The van der Waals surface area contributed by atoms with Crippen LogP contribution in [0.25, 0.3) is 22.0 Å². The van der Waals surface area contributed by atoms with Crippen molar-refractivity contribution in [3.05, 3.63) is 60.7 Å². The van der Waals surface area contributed by atoms with Crippen LogP contribution in [0, 0.1) is 0 Å². The number of benzene rings is 1. The topological polar surface area (TPSA) is 92.1 Å². The molecule has 32 heavy (non-hydrogen) atoms. The summed E-state index contributed by atoms with van der Waals surface area (Å²) in [6.07, 6.45) is 7.07. The summed E-state index contributed by atoms with van der Waals surface area (Å²) < 4.78 is 1.76. The lowest BCUT2D eigenvalue weighted by molar-refractivity contribution is 0.102. The molecule has 1 amide bonds. The number of anilines is 2. The minimum absolute atomic E-state index is 0.258. The second-order valence-electron chi connectivity index (χ2n) is 8.02. The van der Waals surface area contributed by atoms with Crippen molar-refractivity contribution < 1.29 is 4.79 Å². The summed E-state index contributed by atoms with van der Waals surface area (Å²) in [5.74, 6) is 0.860. The van der Waals surface area contributed by atoms with E-state index in [1.54, 1.807) is 23.1 Å². The van der Waals surface area contributed by atoms with Gasteiger partial charge in [0.2, 0.25) is 5.95 Å². The molecule has 9 nitrogen and oxygen atoms in total. The van der Waals surface area contributed by atoms with Crippen LogP contribution in [0.4, 0.5) is 11.8 Å². The van der Waals surface area contributed by atoms with Gasteiger partial charge >= 0.3 is 0 Å². The number of fused-ring (bicyclic) bond motifs is 1. The van der Waals surface area contributed by atoms with E-state index in [9.17, 15) is 4.79 Å². The molecule has 1 saturated heterocycles. The van der Waals surface area contributed by atoms with Gasteiger partial charge in [0.15, 0.2) is 0 Å². The van der Waals surface area contributed by atoms with Crippen LogP contribution in [0.5, 0.6) is 0 Å². The maximum absolute atomic E-state index is 12.7. The molecule has 0 spiro atoms. The maximum Gasteiger partial charge on any atom is 0.259 e. The van der Waals surface area contributed by atoms with Crippen LogP contribution in [0.15, 0.2) is 55.1 Å². The molecule has 0 saturated carbocycles. The number of likely N-dealkylation sites (N-methyl/N-ethyl adjacent to an activating group) is 1. The van der Waals surface area contributed by atoms with E-state index in [0.717, 1.165) is 54.0 Å². The average molecular weight is 429 g/mol. The lowest BCUT2D eigenvalue weighted by Gasteiger charge is -2.33. The molecule has 0 bridgehead atoms. The summed E-state index contributed by atoms with van der Waals surface area (Å²) in [4.78, 5) is 30.5. The molecule has 9 heteroatoms. The van der Waals surface area contributed by atoms with Gasteiger partial charge in [0.25, 0.3) is 5.91 Å². The van der Waals surface area contributed by atoms with Crippen LogP contribution in [0.2, 0.25) is 0 Å². The third-order valence-corrected chi connectivity index (χ3v) is 5.68. The number of aryl methyl sites for hydroxylation is 1. The van der Waals surface area contributed by atoms with Gasteiger partial charge in [-0.3, -0.25) is 14.8 Å². The summed E-state index contributed by atoms with van der Waals surface area (Å²) in [5, 5.41) is 7.90. The molecule has 1 fully saturated rings. The molecule has 162 valence electrons. The van der Waals surface area contributed by atoms with Crippen molar-refractivity contribution >= 4 is 28.6 Å². The number of hydrogen-bond donors (Lipinski definition) is 1. The van der Waals surface area contributed by atoms with Gasteiger partial charge in [-0.05, 0) is 30.8 Å².